The number of carboxylic acid groups (broad SMARTS) is 1. The van der Waals surface area contributed by atoms with Crippen molar-refractivity contribution in [3.05, 3.63) is 58.1 Å². The summed E-state index contributed by atoms with van der Waals surface area (Å²) in [5.74, 6) is -1.68. The minimum absolute atomic E-state index is 0.0213. The van der Waals surface area contributed by atoms with Gasteiger partial charge in [0.25, 0.3) is 0 Å². The van der Waals surface area contributed by atoms with Crippen molar-refractivity contribution in [3.63, 3.8) is 0 Å². The van der Waals surface area contributed by atoms with Crippen LogP contribution in [0.3, 0.4) is 0 Å². The molecule has 0 bridgehead atoms. The molecule has 0 aromatic heterocycles. The number of likely N-dealkylation sites (N-methyl/N-ethyl adjacent to an activating group) is 1. The first-order valence-electron chi connectivity index (χ1n) is 10.3. The number of aliphatic carboxylic acids is 1. The fourth-order valence-electron chi connectivity index (χ4n) is 4.23. The molecule has 0 radical (unpaired) electrons. The van der Waals surface area contributed by atoms with Crippen molar-refractivity contribution in [1.82, 2.24) is 0 Å². The summed E-state index contributed by atoms with van der Waals surface area (Å²) < 4.78 is 0. The summed E-state index contributed by atoms with van der Waals surface area (Å²) in [6, 6.07) is 10.6. The highest BCUT2D eigenvalue weighted by atomic mass is 35.5. The second-order valence-corrected chi connectivity index (χ2v) is 8.90. The summed E-state index contributed by atoms with van der Waals surface area (Å²) in [4.78, 5) is 38.7. The van der Waals surface area contributed by atoms with Gasteiger partial charge in [-0.15, -0.1) is 0 Å². The lowest BCUT2D eigenvalue weighted by Crippen LogP contribution is -2.36. The first kappa shape index (κ1) is 22.8. The largest absolute Gasteiger partial charge is 0.481 e. The zero-order chi connectivity index (χ0) is 22.9. The topological polar surface area (TPSA) is 86.7 Å². The van der Waals surface area contributed by atoms with Crippen LogP contribution in [0.15, 0.2) is 36.4 Å². The van der Waals surface area contributed by atoms with E-state index in [0.29, 0.717) is 17.3 Å². The maximum absolute atomic E-state index is 12.8. The van der Waals surface area contributed by atoms with Crippen molar-refractivity contribution in [3.8, 4) is 0 Å². The van der Waals surface area contributed by atoms with Gasteiger partial charge in [0.2, 0.25) is 11.8 Å². The van der Waals surface area contributed by atoms with Crippen molar-refractivity contribution in [2.45, 2.75) is 51.9 Å². The Hall–Kier alpha value is -2.86. The number of carboxylic acids is 1. The minimum atomic E-state index is -0.971. The molecule has 1 heterocycles. The van der Waals surface area contributed by atoms with Gasteiger partial charge in [-0.1, -0.05) is 23.7 Å². The number of amides is 2. The molecule has 31 heavy (non-hydrogen) atoms. The number of aryl methyl sites for hydroxylation is 1. The van der Waals surface area contributed by atoms with E-state index in [2.05, 4.69) is 5.32 Å². The molecule has 0 aliphatic carbocycles. The normalized spacial score (nSPS) is 15.5. The summed E-state index contributed by atoms with van der Waals surface area (Å²) in [5, 5.41) is 12.7. The van der Waals surface area contributed by atoms with Crippen LogP contribution in [0, 0.1) is 6.92 Å². The molecule has 3 rings (SSSR count). The van der Waals surface area contributed by atoms with E-state index in [4.69, 9.17) is 11.6 Å². The second-order valence-electron chi connectivity index (χ2n) is 8.46. The number of hydrogen-bond donors (Lipinski definition) is 2. The smallest absolute Gasteiger partial charge is 0.303 e. The lowest BCUT2D eigenvalue weighted by Gasteiger charge is -2.19. The predicted molar refractivity (Wildman–Crippen MR) is 122 cm³/mol. The quantitative estimate of drug-likeness (QED) is 0.639. The maximum atomic E-state index is 12.8. The van der Waals surface area contributed by atoms with E-state index in [9.17, 15) is 19.5 Å². The number of halogens is 1. The van der Waals surface area contributed by atoms with Gasteiger partial charge in [-0.25, -0.2) is 0 Å². The zero-order valence-electron chi connectivity index (χ0n) is 18.2. The third-order valence-electron chi connectivity index (χ3n) is 5.82. The van der Waals surface area contributed by atoms with Gasteiger partial charge >= 0.3 is 5.97 Å². The Morgan fingerprint density at radius 1 is 1.16 bits per heavy atom. The molecule has 2 N–H and O–H groups in total. The number of fused-ring (bicyclic) bond motifs is 1. The summed E-state index contributed by atoms with van der Waals surface area (Å²) in [7, 11) is 0. The number of nitrogens with one attached hydrogen (secondary N) is 1. The molecular formula is C24H27ClN2O4. The molecule has 2 amide bonds. The SMILES string of the molecule is CCN1C(=O)C(C)(C)c2cc(NC(=O)CC(CC(=O)O)c3ccc(Cl)cc3)cc(C)c21. The van der Waals surface area contributed by atoms with E-state index in [1.807, 2.05) is 39.8 Å². The van der Waals surface area contributed by atoms with E-state index in [1.54, 1.807) is 29.2 Å². The molecule has 0 fully saturated rings. The van der Waals surface area contributed by atoms with Gasteiger partial charge in [0.15, 0.2) is 0 Å². The average Bonchev–Trinajstić information content (AvgIpc) is 2.88. The van der Waals surface area contributed by atoms with E-state index in [0.717, 1.165) is 22.4 Å². The third kappa shape index (κ3) is 4.59. The molecule has 7 heteroatoms. The first-order chi connectivity index (χ1) is 14.5. The minimum Gasteiger partial charge on any atom is -0.481 e. The van der Waals surface area contributed by atoms with E-state index >= 15 is 0 Å². The maximum Gasteiger partial charge on any atom is 0.303 e. The Kier molecular flexibility index (Phi) is 6.41. The predicted octanol–water partition coefficient (Wildman–Crippen LogP) is 4.88. The van der Waals surface area contributed by atoms with Crippen LogP contribution >= 0.6 is 11.6 Å². The van der Waals surface area contributed by atoms with Crippen molar-refractivity contribution in [2.75, 3.05) is 16.8 Å². The van der Waals surface area contributed by atoms with Gasteiger partial charge in [0, 0.05) is 29.6 Å². The molecule has 1 aliphatic rings. The highest BCUT2D eigenvalue weighted by molar-refractivity contribution is 6.30. The van der Waals surface area contributed by atoms with Crippen LogP contribution in [-0.4, -0.2) is 29.4 Å². The molecule has 2 aromatic rings. The van der Waals surface area contributed by atoms with Crippen LogP contribution in [-0.2, 0) is 19.8 Å². The Bertz CT molecular complexity index is 1030. The second kappa shape index (κ2) is 8.71. The lowest BCUT2D eigenvalue weighted by atomic mass is 9.85. The number of nitrogens with zero attached hydrogens (tertiary/aromatic N) is 1. The van der Waals surface area contributed by atoms with E-state index in [-0.39, 0.29) is 24.7 Å². The number of hydrogen-bond acceptors (Lipinski definition) is 3. The molecule has 1 aliphatic heterocycles. The van der Waals surface area contributed by atoms with E-state index in [1.165, 1.54) is 0 Å². The highest BCUT2D eigenvalue weighted by Crippen LogP contribution is 2.44. The number of anilines is 2. The molecule has 6 nitrogen and oxygen atoms in total. The Morgan fingerprint density at radius 3 is 2.39 bits per heavy atom. The van der Waals surface area contributed by atoms with Crippen LogP contribution in [0.1, 0.15) is 56.2 Å². The number of carbonyl (C=O) groups is 3. The molecule has 164 valence electrons. The summed E-state index contributed by atoms with van der Waals surface area (Å²) in [6.07, 6.45) is -0.140. The van der Waals surface area contributed by atoms with Crippen LogP contribution in [0.25, 0.3) is 0 Å². The van der Waals surface area contributed by atoms with Crippen LogP contribution in [0.4, 0.5) is 11.4 Å². The number of carbonyl (C=O) groups excluding carboxylic acids is 2. The first-order valence-corrected chi connectivity index (χ1v) is 10.7. The molecule has 2 aromatic carbocycles. The molecule has 0 saturated heterocycles. The van der Waals surface area contributed by atoms with Gasteiger partial charge in [0.05, 0.1) is 17.5 Å². The summed E-state index contributed by atoms with van der Waals surface area (Å²) in [5.41, 5.74) is 3.37. The van der Waals surface area contributed by atoms with Gasteiger partial charge in [0.1, 0.15) is 0 Å². The lowest BCUT2D eigenvalue weighted by molar-refractivity contribution is -0.137. The van der Waals surface area contributed by atoms with Gasteiger partial charge in [-0.3, -0.25) is 14.4 Å². The Morgan fingerprint density at radius 2 is 1.81 bits per heavy atom. The van der Waals surface area contributed by atoms with Gasteiger partial charge in [-0.2, -0.15) is 0 Å². The average molecular weight is 443 g/mol. The van der Waals surface area contributed by atoms with Crippen molar-refractivity contribution < 1.29 is 19.5 Å². The molecule has 0 saturated carbocycles. The summed E-state index contributed by atoms with van der Waals surface area (Å²) in [6.45, 7) is 8.22. The highest BCUT2D eigenvalue weighted by Gasteiger charge is 2.44. The molecule has 0 spiro atoms. The van der Waals surface area contributed by atoms with Crippen molar-refractivity contribution in [2.24, 2.45) is 0 Å². The fourth-order valence-corrected chi connectivity index (χ4v) is 4.36. The van der Waals surface area contributed by atoms with Crippen molar-refractivity contribution >= 4 is 40.8 Å². The molecule has 1 unspecified atom stereocenters. The van der Waals surface area contributed by atoms with Crippen LogP contribution in [0.5, 0.6) is 0 Å². The third-order valence-corrected chi connectivity index (χ3v) is 6.07. The Labute approximate surface area is 187 Å². The monoisotopic (exact) mass is 442 g/mol. The van der Waals surface area contributed by atoms with Crippen LogP contribution < -0.4 is 10.2 Å². The molecular weight excluding hydrogens is 416 g/mol. The van der Waals surface area contributed by atoms with Crippen LogP contribution in [0.2, 0.25) is 5.02 Å². The number of benzene rings is 2. The fraction of sp³-hybridized carbons (Fsp3) is 0.375. The number of rotatable bonds is 7. The molecule has 1 atom stereocenters. The van der Waals surface area contributed by atoms with Crippen molar-refractivity contribution in [1.29, 1.82) is 0 Å². The summed E-state index contributed by atoms with van der Waals surface area (Å²) >= 11 is 5.93. The standard InChI is InChI=1S/C24H27ClN2O4/c1-5-27-22-14(2)10-18(13-19(22)24(3,4)23(27)31)26-20(28)11-16(12-21(29)30)15-6-8-17(25)9-7-15/h6-10,13,16H,5,11-12H2,1-4H3,(H,26,28)(H,29,30). The van der Waals surface area contributed by atoms with E-state index < -0.39 is 17.3 Å². The van der Waals surface area contributed by atoms with Gasteiger partial charge in [-0.05, 0) is 68.7 Å². The Balaban J connectivity index is 1.84. The zero-order valence-corrected chi connectivity index (χ0v) is 18.9. The van der Waals surface area contributed by atoms with Gasteiger partial charge < -0.3 is 15.3 Å².